The van der Waals surface area contributed by atoms with Gasteiger partial charge in [0.15, 0.2) is 6.10 Å². The zero-order valence-electron chi connectivity index (χ0n) is 8.17. The first kappa shape index (κ1) is 11.7. The summed E-state index contributed by atoms with van der Waals surface area (Å²) in [6, 6.07) is 10.2. The predicted octanol–water partition coefficient (Wildman–Crippen LogP) is -0.207. The average Bonchev–Trinajstić information content (AvgIpc) is 2.32. The third-order valence-electron chi connectivity index (χ3n) is 2.56. The van der Waals surface area contributed by atoms with E-state index in [-0.39, 0.29) is 0 Å². The van der Waals surface area contributed by atoms with Crippen LogP contribution in [-0.4, -0.2) is 34.6 Å². The summed E-state index contributed by atoms with van der Waals surface area (Å²) in [7, 11) is 0. The van der Waals surface area contributed by atoms with Crippen molar-refractivity contribution >= 4 is 0 Å². The smallest absolute Gasteiger partial charge is 0.154 e. The molecule has 0 amide bonds. The highest BCUT2D eigenvalue weighted by Crippen LogP contribution is 2.27. The molecule has 1 aromatic rings. The number of hydrogen-bond acceptors (Lipinski definition) is 4. The summed E-state index contributed by atoms with van der Waals surface area (Å²) in [6.45, 7) is -0.968. The summed E-state index contributed by atoms with van der Waals surface area (Å²) in [5.74, 6) is 0. The molecule has 1 aromatic carbocycles. The number of benzene rings is 1. The van der Waals surface area contributed by atoms with Crippen LogP contribution in [0.4, 0.5) is 0 Å². The van der Waals surface area contributed by atoms with E-state index in [4.69, 9.17) is 5.26 Å². The van der Waals surface area contributed by atoms with E-state index < -0.39 is 24.7 Å². The van der Waals surface area contributed by atoms with Crippen LogP contribution in [0.1, 0.15) is 5.56 Å². The van der Waals surface area contributed by atoms with Gasteiger partial charge in [-0.1, -0.05) is 30.3 Å². The van der Waals surface area contributed by atoms with Crippen LogP contribution in [0.15, 0.2) is 30.3 Å². The van der Waals surface area contributed by atoms with Crippen molar-refractivity contribution in [3.05, 3.63) is 35.9 Å². The molecule has 4 nitrogen and oxygen atoms in total. The Morgan fingerprint density at radius 1 is 1.20 bits per heavy atom. The molecule has 1 atom stereocenters. The van der Waals surface area contributed by atoms with Crippen molar-refractivity contribution in [2.45, 2.75) is 11.5 Å². The maximum absolute atomic E-state index is 9.54. The zero-order valence-corrected chi connectivity index (χ0v) is 8.17. The SMILES string of the molecule is N#CC(O)C(CO)(CO)c1ccccc1. The predicted molar refractivity (Wildman–Crippen MR) is 53.9 cm³/mol. The van der Waals surface area contributed by atoms with E-state index in [1.807, 2.05) is 0 Å². The number of aliphatic hydroxyl groups excluding tert-OH is 3. The van der Waals surface area contributed by atoms with Crippen molar-refractivity contribution in [2.24, 2.45) is 0 Å². The average molecular weight is 207 g/mol. The van der Waals surface area contributed by atoms with Crippen LogP contribution in [-0.2, 0) is 5.41 Å². The number of rotatable bonds is 4. The molecular weight excluding hydrogens is 194 g/mol. The van der Waals surface area contributed by atoms with Crippen LogP contribution in [0.5, 0.6) is 0 Å². The monoisotopic (exact) mass is 207 g/mol. The first-order valence-electron chi connectivity index (χ1n) is 4.56. The van der Waals surface area contributed by atoms with Crippen molar-refractivity contribution in [3.8, 4) is 6.07 Å². The summed E-state index contributed by atoms with van der Waals surface area (Å²) < 4.78 is 0. The molecule has 0 aliphatic carbocycles. The summed E-state index contributed by atoms with van der Waals surface area (Å²) in [6.07, 6.45) is -1.44. The standard InChI is InChI=1S/C11H13NO3/c12-6-10(15)11(7-13,8-14)9-4-2-1-3-5-9/h1-5,10,13-15H,7-8H2. The quantitative estimate of drug-likeness (QED) is 0.597. The van der Waals surface area contributed by atoms with Crippen molar-refractivity contribution < 1.29 is 15.3 Å². The van der Waals surface area contributed by atoms with Gasteiger partial charge >= 0.3 is 0 Å². The number of aliphatic hydroxyl groups is 3. The highest BCUT2D eigenvalue weighted by atomic mass is 16.3. The van der Waals surface area contributed by atoms with E-state index in [2.05, 4.69) is 0 Å². The lowest BCUT2D eigenvalue weighted by Gasteiger charge is -2.31. The fourth-order valence-corrected chi connectivity index (χ4v) is 1.46. The van der Waals surface area contributed by atoms with Crippen molar-refractivity contribution in [1.29, 1.82) is 5.26 Å². The number of nitrogens with zero attached hydrogens (tertiary/aromatic N) is 1. The van der Waals surface area contributed by atoms with Gasteiger partial charge in [0, 0.05) is 0 Å². The second-order valence-corrected chi connectivity index (χ2v) is 3.37. The van der Waals surface area contributed by atoms with Crippen LogP contribution >= 0.6 is 0 Å². The van der Waals surface area contributed by atoms with Gasteiger partial charge in [0.05, 0.1) is 24.7 Å². The van der Waals surface area contributed by atoms with Gasteiger partial charge in [0.1, 0.15) is 0 Å². The molecule has 0 spiro atoms. The fourth-order valence-electron chi connectivity index (χ4n) is 1.46. The second kappa shape index (κ2) is 4.89. The molecule has 1 unspecified atom stereocenters. The van der Waals surface area contributed by atoms with Gasteiger partial charge < -0.3 is 15.3 Å². The summed E-state index contributed by atoms with van der Waals surface area (Å²) in [4.78, 5) is 0. The van der Waals surface area contributed by atoms with Gasteiger partial charge in [0.25, 0.3) is 0 Å². The molecule has 0 aromatic heterocycles. The van der Waals surface area contributed by atoms with Crippen LogP contribution in [0, 0.1) is 11.3 Å². The molecule has 0 aliphatic heterocycles. The summed E-state index contributed by atoms with van der Waals surface area (Å²) >= 11 is 0. The Balaban J connectivity index is 3.18. The van der Waals surface area contributed by atoms with Crippen LogP contribution < -0.4 is 0 Å². The Kier molecular flexibility index (Phi) is 3.81. The van der Waals surface area contributed by atoms with Gasteiger partial charge in [0.2, 0.25) is 0 Å². The fraction of sp³-hybridized carbons (Fsp3) is 0.364. The van der Waals surface area contributed by atoms with Crippen LogP contribution in [0.25, 0.3) is 0 Å². The van der Waals surface area contributed by atoms with Gasteiger partial charge in [-0.25, -0.2) is 0 Å². The van der Waals surface area contributed by atoms with E-state index in [0.717, 1.165) is 0 Å². The highest BCUT2D eigenvalue weighted by molar-refractivity contribution is 5.29. The first-order chi connectivity index (χ1) is 7.21. The minimum absolute atomic E-state index is 0.484. The zero-order chi connectivity index (χ0) is 11.3. The van der Waals surface area contributed by atoms with E-state index >= 15 is 0 Å². The van der Waals surface area contributed by atoms with E-state index in [0.29, 0.717) is 5.56 Å². The van der Waals surface area contributed by atoms with Crippen molar-refractivity contribution in [3.63, 3.8) is 0 Å². The summed E-state index contributed by atoms with van der Waals surface area (Å²) in [5, 5.41) is 36.7. The molecular formula is C11H13NO3. The molecule has 0 heterocycles. The molecule has 0 aliphatic rings. The molecule has 0 bridgehead atoms. The number of hydrogen-bond donors (Lipinski definition) is 3. The van der Waals surface area contributed by atoms with Crippen molar-refractivity contribution in [2.75, 3.05) is 13.2 Å². The molecule has 0 saturated carbocycles. The Hall–Kier alpha value is -1.41. The summed E-state index contributed by atoms with van der Waals surface area (Å²) in [5.41, 5.74) is -0.764. The first-order valence-corrected chi connectivity index (χ1v) is 4.56. The normalized spacial score (nSPS) is 13.2. The van der Waals surface area contributed by atoms with Gasteiger partial charge in [-0.2, -0.15) is 5.26 Å². The lowest BCUT2D eigenvalue weighted by Crippen LogP contribution is -2.45. The Bertz CT molecular complexity index is 341. The Morgan fingerprint density at radius 2 is 1.73 bits per heavy atom. The molecule has 80 valence electrons. The maximum atomic E-state index is 9.54. The molecule has 0 saturated heterocycles. The number of nitriles is 1. The largest absolute Gasteiger partial charge is 0.395 e. The van der Waals surface area contributed by atoms with Gasteiger partial charge in [-0.3, -0.25) is 0 Å². The molecule has 1 rings (SSSR count). The second-order valence-electron chi connectivity index (χ2n) is 3.37. The highest BCUT2D eigenvalue weighted by Gasteiger charge is 2.39. The topological polar surface area (TPSA) is 84.5 Å². The Labute approximate surface area is 88.0 Å². The van der Waals surface area contributed by atoms with Crippen molar-refractivity contribution in [1.82, 2.24) is 0 Å². The lowest BCUT2D eigenvalue weighted by atomic mass is 9.77. The van der Waals surface area contributed by atoms with E-state index in [1.54, 1.807) is 36.4 Å². The maximum Gasteiger partial charge on any atom is 0.154 e. The molecule has 0 radical (unpaired) electrons. The molecule has 0 fully saturated rings. The molecule has 15 heavy (non-hydrogen) atoms. The van der Waals surface area contributed by atoms with Crippen LogP contribution in [0.2, 0.25) is 0 Å². The van der Waals surface area contributed by atoms with E-state index in [9.17, 15) is 15.3 Å². The Morgan fingerprint density at radius 3 is 2.13 bits per heavy atom. The van der Waals surface area contributed by atoms with Gasteiger partial charge in [-0.05, 0) is 5.56 Å². The third-order valence-corrected chi connectivity index (χ3v) is 2.56. The van der Waals surface area contributed by atoms with Gasteiger partial charge in [-0.15, -0.1) is 0 Å². The third kappa shape index (κ3) is 2.00. The minimum Gasteiger partial charge on any atom is -0.395 e. The minimum atomic E-state index is -1.44. The molecule has 3 N–H and O–H groups in total. The molecule has 4 heteroatoms. The lowest BCUT2D eigenvalue weighted by molar-refractivity contribution is 0.0303. The van der Waals surface area contributed by atoms with E-state index in [1.165, 1.54) is 0 Å². The van der Waals surface area contributed by atoms with Crippen LogP contribution in [0.3, 0.4) is 0 Å².